The Balaban J connectivity index is 1.70. The number of aryl methyl sites for hydroxylation is 2. The maximum Gasteiger partial charge on any atom is 0.175 e. The maximum atomic E-state index is 11.6. The maximum absolute atomic E-state index is 11.6. The van der Waals surface area contributed by atoms with Crippen LogP contribution in [-0.4, -0.2) is 36.4 Å². The topological polar surface area (TPSA) is 55.2 Å². The molecule has 1 atom stereocenters. The van der Waals surface area contributed by atoms with Crippen molar-refractivity contribution in [3.05, 3.63) is 77.1 Å². The molecule has 0 bridgehead atoms. The van der Waals surface area contributed by atoms with E-state index in [1.807, 2.05) is 23.7 Å². The third-order valence-corrected chi connectivity index (χ3v) is 6.20. The van der Waals surface area contributed by atoms with Crippen LogP contribution < -0.4 is 0 Å². The average Bonchev–Trinajstić information content (AvgIpc) is 2.99. The van der Waals surface area contributed by atoms with Gasteiger partial charge in [-0.1, -0.05) is 24.3 Å². The molecule has 0 spiro atoms. The van der Waals surface area contributed by atoms with Crippen molar-refractivity contribution in [2.24, 2.45) is 0 Å². The molecule has 6 heteroatoms. The van der Waals surface area contributed by atoms with Gasteiger partial charge in [0.25, 0.3) is 0 Å². The molecule has 3 aromatic rings. The molecule has 5 nitrogen and oxygen atoms in total. The van der Waals surface area contributed by atoms with Gasteiger partial charge in [0.1, 0.15) is 0 Å². The van der Waals surface area contributed by atoms with Crippen LogP contribution in [0.4, 0.5) is 0 Å². The van der Waals surface area contributed by atoms with E-state index in [4.69, 9.17) is 0 Å². The fourth-order valence-corrected chi connectivity index (χ4v) is 3.94. The Labute approximate surface area is 167 Å². The van der Waals surface area contributed by atoms with Gasteiger partial charge in [-0.15, -0.1) is 0 Å². The van der Waals surface area contributed by atoms with Crippen LogP contribution in [0.25, 0.3) is 5.69 Å². The smallest absolute Gasteiger partial charge is 0.175 e. The summed E-state index contributed by atoms with van der Waals surface area (Å²) in [5.74, 6) is 0. The lowest BCUT2D eigenvalue weighted by Crippen LogP contribution is -2.22. The first-order valence-corrected chi connectivity index (χ1v) is 11.2. The van der Waals surface area contributed by atoms with E-state index < -0.39 is 9.84 Å². The van der Waals surface area contributed by atoms with Gasteiger partial charge in [0, 0.05) is 24.5 Å². The summed E-state index contributed by atoms with van der Waals surface area (Å²) < 4.78 is 25.2. The van der Waals surface area contributed by atoms with E-state index >= 15 is 0 Å². The standard InChI is InChI=1S/C22H27N3O2S/c1-16-14-17(2)25(23-16)21-10-6-19(7-11-21)15-24(4)18(3)20-8-12-22(13-9-20)28(5,26)27/h6-14,18H,15H2,1-5H3/t18-/m1/s1. The van der Waals surface area contributed by atoms with E-state index in [1.165, 1.54) is 11.8 Å². The first kappa shape index (κ1) is 20.3. The van der Waals surface area contributed by atoms with Crippen molar-refractivity contribution < 1.29 is 8.42 Å². The summed E-state index contributed by atoms with van der Waals surface area (Å²) in [5.41, 5.74) is 5.49. The highest BCUT2D eigenvalue weighted by Crippen LogP contribution is 2.23. The zero-order valence-corrected chi connectivity index (χ0v) is 17.9. The summed E-state index contributed by atoms with van der Waals surface area (Å²) in [6, 6.07) is 17.8. The van der Waals surface area contributed by atoms with Gasteiger partial charge in [-0.25, -0.2) is 13.1 Å². The van der Waals surface area contributed by atoms with Gasteiger partial charge >= 0.3 is 0 Å². The minimum Gasteiger partial charge on any atom is -0.295 e. The van der Waals surface area contributed by atoms with Crippen LogP contribution in [0.2, 0.25) is 0 Å². The molecule has 0 amide bonds. The van der Waals surface area contributed by atoms with Crippen LogP contribution in [0.3, 0.4) is 0 Å². The Morgan fingerprint density at radius 1 is 1.04 bits per heavy atom. The molecule has 0 aliphatic carbocycles. The van der Waals surface area contributed by atoms with Gasteiger partial charge in [-0.3, -0.25) is 4.90 Å². The first-order valence-electron chi connectivity index (χ1n) is 9.28. The Morgan fingerprint density at radius 2 is 1.64 bits per heavy atom. The van der Waals surface area contributed by atoms with Crippen LogP contribution >= 0.6 is 0 Å². The molecule has 2 aromatic carbocycles. The predicted octanol–water partition coefficient (Wildman–Crippen LogP) is 4.09. The van der Waals surface area contributed by atoms with E-state index in [2.05, 4.69) is 61.2 Å². The van der Waals surface area contributed by atoms with Crippen molar-refractivity contribution >= 4 is 9.84 Å². The summed E-state index contributed by atoms with van der Waals surface area (Å²) in [5, 5.41) is 4.53. The van der Waals surface area contributed by atoms with E-state index in [-0.39, 0.29) is 6.04 Å². The molecule has 0 saturated carbocycles. The summed E-state index contributed by atoms with van der Waals surface area (Å²) >= 11 is 0. The summed E-state index contributed by atoms with van der Waals surface area (Å²) in [7, 11) is -1.09. The highest BCUT2D eigenvalue weighted by molar-refractivity contribution is 7.90. The number of hydrogen-bond donors (Lipinski definition) is 0. The molecule has 3 rings (SSSR count). The number of sulfone groups is 1. The second-order valence-electron chi connectivity index (χ2n) is 7.44. The minimum atomic E-state index is -3.16. The fraction of sp³-hybridized carbons (Fsp3) is 0.318. The van der Waals surface area contributed by atoms with E-state index in [0.29, 0.717) is 4.90 Å². The Bertz CT molecular complexity index is 1050. The van der Waals surface area contributed by atoms with Crippen molar-refractivity contribution in [3.8, 4) is 5.69 Å². The highest BCUT2D eigenvalue weighted by Gasteiger charge is 2.14. The van der Waals surface area contributed by atoms with Gasteiger partial charge in [0.15, 0.2) is 9.84 Å². The lowest BCUT2D eigenvalue weighted by atomic mass is 10.1. The van der Waals surface area contributed by atoms with Crippen LogP contribution in [0.5, 0.6) is 0 Å². The molecular formula is C22H27N3O2S. The predicted molar refractivity (Wildman–Crippen MR) is 112 cm³/mol. The third kappa shape index (κ3) is 4.51. The number of rotatable bonds is 6. The minimum absolute atomic E-state index is 0.171. The van der Waals surface area contributed by atoms with Crippen molar-refractivity contribution in [2.45, 2.75) is 38.3 Å². The van der Waals surface area contributed by atoms with E-state index in [9.17, 15) is 8.42 Å². The molecule has 28 heavy (non-hydrogen) atoms. The second kappa shape index (κ2) is 7.89. The molecule has 0 saturated heterocycles. The van der Waals surface area contributed by atoms with E-state index in [1.54, 1.807) is 12.1 Å². The third-order valence-electron chi connectivity index (χ3n) is 5.07. The van der Waals surface area contributed by atoms with Crippen molar-refractivity contribution in [3.63, 3.8) is 0 Å². The second-order valence-corrected chi connectivity index (χ2v) is 9.45. The van der Waals surface area contributed by atoms with Gasteiger partial charge in [0.05, 0.1) is 16.3 Å². The molecule has 0 fully saturated rings. The lowest BCUT2D eigenvalue weighted by molar-refractivity contribution is 0.253. The van der Waals surface area contributed by atoms with Crippen LogP contribution in [0.15, 0.2) is 59.5 Å². The molecule has 1 heterocycles. The molecule has 0 aliphatic rings. The van der Waals surface area contributed by atoms with Crippen LogP contribution in [0.1, 0.15) is 35.5 Å². The molecule has 0 aliphatic heterocycles. The molecule has 0 radical (unpaired) electrons. The van der Waals surface area contributed by atoms with Crippen molar-refractivity contribution in [1.29, 1.82) is 0 Å². The Kier molecular flexibility index (Phi) is 5.72. The monoisotopic (exact) mass is 397 g/mol. The zero-order valence-electron chi connectivity index (χ0n) is 17.0. The van der Waals surface area contributed by atoms with Crippen LogP contribution in [0, 0.1) is 13.8 Å². The average molecular weight is 398 g/mol. The number of aromatic nitrogens is 2. The van der Waals surface area contributed by atoms with Gasteiger partial charge in [-0.05, 0) is 69.3 Å². The van der Waals surface area contributed by atoms with Gasteiger partial charge in [-0.2, -0.15) is 5.10 Å². The van der Waals surface area contributed by atoms with Gasteiger partial charge in [0.2, 0.25) is 0 Å². The highest BCUT2D eigenvalue weighted by atomic mass is 32.2. The number of hydrogen-bond acceptors (Lipinski definition) is 4. The summed E-state index contributed by atoms with van der Waals surface area (Å²) in [4.78, 5) is 2.60. The molecule has 0 unspecified atom stereocenters. The van der Waals surface area contributed by atoms with Crippen molar-refractivity contribution in [1.82, 2.24) is 14.7 Å². The number of nitrogens with zero attached hydrogens (tertiary/aromatic N) is 3. The number of benzene rings is 2. The molecule has 1 aromatic heterocycles. The first-order chi connectivity index (χ1) is 13.1. The molecular weight excluding hydrogens is 370 g/mol. The largest absolute Gasteiger partial charge is 0.295 e. The van der Waals surface area contributed by atoms with E-state index in [0.717, 1.165) is 29.2 Å². The SMILES string of the molecule is Cc1cc(C)n(-c2ccc(CN(C)[C@H](C)c3ccc(S(C)(=O)=O)cc3)cc2)n1. The Hall–Kier alpha value is -2.44. The molecule has 0 N–H and O–H groups in total. The zero-order chi connectivity index (χ0) is 20.5. The molecule has 148 valence electrons. The lowest BCUT2D eigenvalue weighted by Gasteiger charge is -2.25. The van der Waals surface area contributed by atoms with Crippen LogP contribution in [-0.2, 0) is 16.4 Å². The summed E-state index contributed by atoms with van der Waals surface area (Å²) in [6.07, 6.45) is 1.23. The normalized spacial score (nSPS) is 13.1. The van der Waals surface area contributed by atoms with Crippen molar-refractivity contribution in [2.75, 3.05) is 13.3 Å². The Morgan fingerprint density at radius 3 is 2.14 bits per heavy atom. The summed E-state index contributed by atoms with van der Waals surface area (Å²) in [6.45, 7) is 6.97. The fourth-order valence-electron chi connectivity index (χ4n) is 3.31. The van der Waals surface area contributed by atoms with Gasteiger partial charge < -0.3 is 0 Å². The quantitative estimate of drug-likeness (QED) is 0.629.